The van der Waals surface area contributed by atoms with Gasteiger partial charge in [0.05, 0.1) is 68.1 Å². The first-order chi connectivity index (χ1) is 26.6. The highest BCUT2D eigenvalue weighted by Crippen LogP contribution is 2.44. The molecule has 9 nitrogen and oxygen atoms in total. The molecule has 2 aliphatic rings. The van der Waals surface area contributed by atoms with E-state index in [9.17, 15) is 4.79 Å². The molecule has 54 heavy (non-hydrogen) atoms. The van der Waals surface area contributed by atoms with Gasteiger partial charge in [0.25, 0.3) is 0 Å². The molecular weight excluding hydrogens is 700 g/mol. The minimum Gasteiger partial charge on any atom is -0.493 e. The van der Waals surface area contributed by atoms with Crippen LogP contribution in [-0.2, 0) is 53.4 Å². The second-order valence-corrected chi connectivity index (χ2v) is 14.3. The maximum absolute atomic E-state index is 14.2. The highest BCUT2D eigenvalue weighted by atomic mass is 35.5. The van der Waals surface area contributed by atoms with E-state index >= 15 is 0 Å². The number of carbonyl (C=O) groups is 1. The third-order valence-electron chi connectivity index (χ3n) is 10.7. The monoisotopic (exact) mass is 746 g/mol. The smallest absolute Gasteiger partial charge is 0.355 e. The molecule has 0 N–H and O–H groups in total. The number of nitrogens with zero attached hydrogens (tertiary/aromatic N) is 4. The lowest BCUT2D eigenvalue weighted by atomic mass is 9.97. The number of aryl methyl sites for hydroxylation is 2. The number of rotatable bonds is 11. The molecule has 0 aliphatic carbocycles. The van der Waals surface area contributed by atoms with Crippen LogP contribution in [0.15, 0.2) is 78.9 Å². The summed E-state index contributed by atoms with van der Waals surface area (Å²) in [4.78, 5) is 16.6. The molecule has 0 atom stereocenters. The van der Waals surface area contributed by atoms with E-state index in [4.69, 9.17) is 35.6 Å². The number of hydrogen-bond donors (Lipinski definition) is 0. The summed E-state index contributed by atoms with van der Waals surface area (Å²) in [6.45, 7) is 10.9. The van der Waals surface area contributed by atoms with E-state index in [1.165, 1.54) is 0 Å². The summed E-state index contributed by atoms with van der Waals surface area (Å²) in [6, 6.07) is 26.7. The predicted molar refractivity (Wildman–Crippen MR) is 213 cm³/mol. The molecule has 0 unspecified atom stereocenters. The Morgan fingerprint density at radius 1 is 0.852 bits per heavy atom. The van der Waals surface area contributed by atoms with Crippen molar-refractivity contribution < 1.29 is 23.7 Å². The molecule has 8 rings (SSSR count). The molecular formula is C44H47ClN4O5. The molecule has 1 fully saturated rings. The summed E-state index contributed by atoms with van der Waals surface area (Å²) in [6.07, 6.45) is 2.02. The van der Waals surface area contributed by atoms with Gasteiger partial charge in [-0.25, -0.2) is 4.79 Å². The fraction of sp³-hybridized carbons (Fsp3) is 0.364. The molecule has 0 spiro atoms. The van der Waals surface area contributed by atoms with Gasteiger partial charge in [0.15, 0.2) is 0 Å². The maximum Gasteiger partial charge on any atom is 0.355 e. The van der Waals surface area contributed by atoms with Crippen molar-refractivity contribution in [1.82, 2.24) is 19.2 Å². The van der Waals surface area contributed by atoms with Gasteiger partial charge in [-0.2, -0.15) is 5.10 Å². The van der Waals surface area contributed by atoms with Crippen LogP contribution in [0.1, 0.15) is 58.8 Å². The zero-order chi connectivity index (χ0) is 37.0. The number of ether oxygens (including phenoxy) is 4. The summed E-state index contributed by atoms with van der Waals surface area (Å²) in [7, 11) is 0. The lowest BCUT2D eigenvalue weighted by Gasteiger charge is -2.26. The van der Waals surface area contributed by atoms with Crippen molar-refractivity contribution in [2.24, 2.45) is 0 Å². The second-order valence-electron chi connectivity index (χ2n) is 13.9. The highest BCUT2D eigenvalue weighted by Gasteiger charge is 2.31. The fourth-order valence-corrected chi connectivity index (χ4v) is 8.34. The van der Waals surface area contributed by atoms with Crippen LogP contribution in [0.3, 0.4) is 0 Å². The van der Waals surface area contributed by atoms with Gasteiger partial charge in [-0.15, -0.1) is 0 Å². The van der Waals surface area contributed by atoms with Crippen molar-refractivity contribution in [2.75, 3.05) is 46.1 Å². The van der Waals surface area contributed by atoms with E-state index in [1.807, 2.05) is 49.4 Å². The largest absolute Gasteiger partial charge is 0.493 e. The average Bonchev–Trinajstić information content (AvgIpc) is 3.70. The summed E-state index contributed by atoms with van der Waals surface area (Å²) in [5.41, 5.74) is 8.36. The van der Waals surface area contributed by atoms with E-state index in [0.29, 0.717) is 62.9 Å². The first-order valence-corrected chi connectivity index (χ1v) is 19.6. The average molecular weight is 747 g/mol. The molecule has 4 heterocycles. The molecule has 0 saturated carbocycles. The molecule has 4 aromatic carbocycles. The highest BCUT2D eigenvalue weighted by molar-refractivity contribution is 6.35. The minimum absolute atomic E-state index is 0.266. The number of fused-ring (bicyclic) bond motifs is 4. The number of esters is 1. The lowest BCUT2D eigenvalue weighted by molar-refractivity contribution is 0.0354. The molecule has 2 aromatic heterocycles. The van der Waals surface area contributed by atoms with Crippen LogP contribution in [0.4, 0.5) is 0 Å². The molecule has 0 radical (unpaired) electrons. The van der Waals surface area contributed by atoms with Gasteiger partial charge in [-0.05, 0) is 60.4 Å². The molecule has 0 bridgehead atoms. The molecule has 6 aromatic rings. The second kappa shape index (κ2) is 16.4. The Morgan fingerprint density at radius 3 is 2.48 bits per heavy atom. The van der Waals surface area contributed by atoms with Gasteiger partial charge in [-0.3, -0.25) is 9.58 Å². The van der Waals surface area contributed by atoms with Crippen LogP contribution in [0.25, 0.3) is 32.8 Å². The number of morpholine rings is 1. The quantitative estimate of drug-likeness (QED) is 0.0973. The minimum atomic E-state index is -0.346. The summed E-state index contributed by atoms with van der Waals surface area (Å²) in [5.74, 6) is 0.509. The summed E-state index contributed by atoms with van der Waals surface area (Å²) >= 11 is 7.33. The van der Waals surface area contributed by atoms with Gasteiger partial charge in [0, 0.05) is 48.1 Å². The van der Waals surface area contributed by atoms with E-state index < -0.39 is 0 Å². The Hall–Kier alpha value is -4.67. The maximum atomic E-state index is 14.2. The van der Waals surface area contributed by atoms with Crippen LogP contribution < -0.4 is 4.74 Å². The van der Waals surface area contributed by atoms with Gasteiger partial charge in [-0.1, -0.05) is 85.3 Å². The van der Waals surface area contributed by atoms with Crippen LogP contribution >= 0.6 is 11.6 Å². The van der Waals surface area contributed by atoms with Crippen molar-refractivity contribution in [1.29, 1.82) is 0 Å². The first-order valence-electron chi connectivity index (χ1n) is 19.2. The van der Waals surface area contributed by atoms with Gasteiger partial charge < -0.3 is 23.5 Å². The van der Waals surface area contributed by atoms with Crippen LogP contribution in [0.2, 0.25) is 5.02 Å². The van der Waals surface area contributed by atoms with E-state index in [2.05, 4.69) is 57.5 Å². The number of halogens is 1. The van der Waals surface area contributed by atoms with Gasteiger partial charge >= 0.3 is 5.97 Å². The zero-order valence-corrected chi connectivity index (χ0v) is 31.9. The Morgan fingerprint density at radius 2 is 1.65 bits per heavy atom. The third-order valence-corrected chi connectivity index (χ3v) is 11.0. The van der Waals surface area contributed by atoms with Gasteiger partial charge in [0.2, 0.25) is 0 Å². The lowest BCUT2D eigenvalue weighted by Crippen LogP contribution is -2.38. The van der Waals surface area contributed by atoms with Crippen molar-refractivity contribution in [3.63, 3.8) is 0 Å². The number of carbonyl (C=O) groups excluding carboxylic acids is 1. The third kappa shape index (κ3) is 7.13. The van der Waals surface area contributed by atoms with Crippen LogP contribution in [0.5, 0.6) is 5.75 Å². The Balaban J connectivity index is 1.27. The molecule has 2 aliphatic heterocycles. The van der Waals surface area contributed by atoms with Crippen molar-refractivity contribution in [2.45, 2.75) is 59.4 Å². The summed E-state index contributed by atoms with van der Waals surface area (Å²) < 4.78 is 28.6. The van der Waals surface area contributed by atoms with Crippen LogP contribution in [-0.4, -0.2) is 71.3 Å². The molecule has 10 heteroatoms. The number of hydrogen-bond acceptors (Lipinski definition) is 7. The van der Waals surface area contributed by atoms with E-state index in [1.54, 1.807) is 0 Å². The van der Waals surface area contributed by atoms with E-state index in [0.717, 1.165) is 99.5 Å². The Kier molecular flexibility index (Phi) is 11.0. The predicted octanol–water partition coefficient (Wildman–Crippen LogP) is 8.47. The first kappa shape index (κ1) is 36.3. The van der Waals surface area contributed by atoms with Crippen molar-refractivity contribution in [3.05, 3.63) is 118 Å². The molecule has 1 saturated heterocycles. The SMILES string of the molecule is CCOC(=O)c1c(CCCOc2cccc3ccccc23)c2ccc(Cl)c3c2n1Cc1ccccc1COCc1c-3c(CC)nn1CCN1CCOCC1. The Labute approximate surface area is 321 Å². The van der Waals surface area contributed by atoms with Gasteiger partial charge in [0.1, 0.15) is 11.4 Å². The topological polar surface area (TPSA) is 80.0 Å². The standard InChI is InChI=1S/C44H47ClN4O5/c1-3-37-41-38(49(46-37)21-20-47-22-25-51-26-23-47)29-52-28-32-13-6-5-12-31(32)27-48-42-35(18-19-36(45)40(41)42)34(43(48)44(50)53-4-2)16-10-24-54-39-17-9-14-30-11-7-8-15-33(30)39/h5-9,11-15,17-19H,3-4,10,16,20-29H2,1-2H3. The molecule has 280 valence electrons. The van der Waals surface area contributed by atoms with E-state index in [-0.39, 0.29) is 12.6 Å². The van der Waals surface area contributed by atoms with Crippen molar-refractivity contribution >= 4 is 39.2 Å². The Bertz CT molecular complexity index is 2280. The number of benzene rings is 4. The van der Waals surface area contributed by atoms with Crippen LogP contribution in [0, 0.1) is 0 Å². The normalized spacial score (nSPS) is 14.8. The van der Waals surface area contributed by atoms with Crippen molar-refractivity contribution in [3.8, 4) is 16.9 Å². The summed E-state index contributed by atoms with van der Waals surface area (Å²) in [5, 5.41) is 9.03. The number of aromatic nitrogens is 3. The zero-order valence-electron chi connectivity index (χ0n) is 31.1. The molecule has 0 amide bonds. The fourth-order valence-electron chi connectivity index (χ4n) is 8.09.